The molecule has 0 amide bonds. The van der Waals surface area contributed by atoms with E-state index in [0.717, 1.165) is 5.56 Å². The molecule has 2 nitrogen and oxygen atoms in total. The monoisotopic (exact) mass is 194 g/mol. The van der Waals surface area contributed by atoms with Crippen molar-refractivity contribution in [3.63, 3.8) is 0 Å². The molecule has 2 heteroatoms. The van der Waals surface area contributed by atoms with Crippen LogP contribution in [0.3, 0.4) is 0 Å². The van der Waals surface area contributed by atoms with Gasteiger partial charge in [0.2, 0.25) is 0 Å². The summed E-state index contributed by atoms with van der Waals surface area (Å²) in [5, 5.41) is 0. The molecule has 0 aliphatic rings. The number of hydrogen-bond donors (Lipinski definition) is 1. The topological polar surface area (TPSA) is 35.2 Å². The third-order valence-corrected chi connectivity index (χ3v) is 1.87. The molecular weight excluding hydrogens is 174 g/mol. The summed E-state index contributed by atoms with van der Waals surface area (Å²) in [7, 11) is 1.52. The standard InChI is InChI=1S/C12H17NO/c1-3-4-11-6-5-10(7-8-13)9-12(11)14-2/h3,5-6,9H,1,4,7-8,13H2,2H3/i5D,7D2. The Balaban J connectivity index is 3.31. The maximum atomic E-state index is 7.84. The lowest BCUT2D eigenvalue weighted by Crippen LogP contribution is -2.03. The van der Waals surface area contributed by atoms with E-state index in [1.807, 2.05) is 0 Å². The Hall–Kier alpha value is -1.28. The van der Waals surface area contributed by atoms with Gasteiger partial charge in [-0.25, -0.2) is 0 Å². The minimum Gasteiger partial charge on any atom is -0.496 e. The molecular formula is C12H17NO. The van der Waals surface area contributed by atoms with Crippen molar-refractivity contribution in [3.05, 3.63) is 42.0 Å². The average Bonchev–Trinajstić information content (AvgIpc) is 2.29. The highest BCUT2D eigenvalue weighted by atomic mass is 16.5. The molecule has 0 atom stereocenters. The van der Waals surface area contributed by atoms with Crippen LogP contribution in [0.5, 0.6) is 5.75 Å². The zero-order valence-corrected chi connectivity index (χ0v) is 8.34. The van der Waals surface area contributed by atoms with Crippen molar-refractivity contribution in [3.8, 4) is 5.75 Å². The molecule has 76 valence electrons. The number of nitrogens with two attached hydrogens (primary N) is 1. The minimum absolute atomic E-state index is 0.137. The molecule has 0 saturated carbocycles. The first kappa shape index (κ1) is 7.07. The lowest BCUT2D eigenvalue weighted by atomic mass is 10.1. The van der Waals surface area contributed by atoms with Crippen LogP contribution in [0, 0.1) is 0 Å². The quantitative estimate of drug-likeness (QED) is 0.727. The highest BCUT2D eigenvalue weighted by Crippen LogP contribution is 2.21. The molecule has 14 heavy (non-hydrogen) atoms. The highest BCUT2D eigenvalue weighted by Gasteiger charge is 2.02. The van der Waals surface area contributed by atoms with Crippen molar-refractivity contribution in [1.82, 2.24) is 0 Å². The first-order valence-electron chi connectivity index (χ1n) is 5.95. The molecule has 0 unspecified atom stereocenters. The molecule has 0 spiro atoms. The van der Waals surface area contributed by atoms with E-state index >= 15 is 0 Å². The van der Waals surface area contributed by atoms with Gasteiger partial charge in [-0.1, -0.05) is 18.2 Å². The summed E-state index contributed by atoms with van der Waals surface area (Å²) in [5.41, 5.74) is 6.46. The molecule has 0 fully saturated rings. The summed E-state index contributed by atoms with van der Waals surface area (Å²) in [6.45, 7) is 3.47. The lowest BCUT2D eigenvalue weighted by Gasteiger charge is -2.08. The molecule has 0 bridgehead atoms. The number of hydrogen-bond acceptors (Lipinski definition) is 2. The number of ether oxygens (including phenoxy) is 1. The molecule has 0 aliphatic carbocycles. The molecule has 0 heterocycles. The summed E-state index contributed by atoms with van der Waals surface area (Å²) in [4.78, 5) is 0. The SMILES string of the molecule is [2H]c1cc(CC=C)c(OC)cc1C([2H])([2H])CN. The van der Waals surface area contributed by atoms with Gasteiger partial charge < -0.3 is 10.5 Å². The van der Waals surface area contributed by atoms with E-state index in [9.17, 15) is 0 Å². The first-order chi connectivity index (χ1) is 7.96. The Kier molecular flexibility index (Phi) is 2.75. The minimum atomic E-state index is -1.71. The van der Waals surface area contributed by atoms with Crippen molar-refractivity contribution in [2.75, 3.05) is 13.7 Å². The lowest BCUT2D eigenvalue weighted by molar-refractivity contribution is 0.410. The van der Waals surface area contributed by atoms with Crippen LogP contribution >= 0.6 is 0 Å². The van der Waals surface area contributed by atoms with Crippen LogP contribution in [-0.4, -0.2) is 13.7 Å². The second-order valence-electron chi connectivity index (χ2n) is 2.81. The predicted molar refractivity (Wildman–Crippen MR) is 59.7 cm³/mol. The summed E-state index contributed by atoms with van der Waals surface area (Å²) in [5.74, 6) is 0.563. The van der Waals surface area contributed by atoms with Gasteiger partial charge in [0.15, 0.2) is 0 Å². The van der Waals surface area contributed by atoms with Gasteiger partial charge in [0, 0.05) is 2.74 Å². The van der Waals surface area contributed by atoms with Crippen LogP contribution in [0.2, 0.25) is 0 Å². The average molecular weight is 194 g/mol. The first-order valence-corrected chi connectivity index (χ1v) is 4.45. The van der Waals surface area contributed by atoms with E-state index in [-0.39, 0.29) is 18.2 Å². The van der Waals surface area contributed by atoms with E-state index in [2.05, 4.69) is 6.58 Å². The molecule has 1 aromatic carbocycles. The fourth-order valence-corrected chi connectivity index (χ4v) is 1.22. The van der Waals surface area contributed by atoms with Crippen molar-refractivity contribution in [1.29, 1.82) is 0 Å². The summed E-state index contributed by atoms with van der Waals surface area (Å²) >= 11 is 0. The second kappa shape index (κ2) is 5.45. The largest absolute Gasteiger partial charge is 0.496 e. The van der Waals surface area contributed by atoms with E-state index in [1.54, 1.807) is 18.2 Å². The molecule has 0 saturated heterocycles. The predicted octanol–water partition coefficient (Wildman–Crippen LogP) is 1.92. The summed E-state index contributed by atoms with van der Waals surface area (Å²) in [6, 6.07) is 3.29. The van der Waals surface area contributed by atoms with Crippen molar-refractivity contribution in [2.45, 2.75) is 12.8 Å². The van der Waals surface area contributed by atoms with Crippen LogP contribution < -0.4 is 10.5 Å². The van der Waals surface area contributed by atoms with E-state index in [4.69, 9.17) is 14.6 Å². The van der Waals surface area contributed by atoms with Crippen LogP contribution in [0.1, 0.15) is 15.2 Å². The van der Waals surface area contributed by atoms with Crippen LogP contribution in [0.15, 0.2) is 30.8 Å². The Morgan fingerprint density at radius 2 is 2.57 bits per heavy atom. The van der Waals surface area contributed by atoms with Gasteiger partial charge in [0.1, 0.15) is 5.75 Å². The highest BCUT2D eigenvalue weighted by molar-refractivity contribution is 5.38. The van der Waals surface area contributed by atoms with Crippen LogP contribution in [-0.2, 0) is 12.8 Å². The molecule has 0 aromatic heterocycles. The number of rotatable bonds is 5. The Labute approximate surface area is 89.6 Å². The Morgan fingerprint density at radius 3 is 3.14 bits per heavy atom. The van der Waals surface area contributed by atoms with E-state index < -0.39 is 6.37 Å². The third kappa shape index (κ3) is 2.60. The van der Waals surface area contributed by atoms with Gasteiger partial charge in [0.25, 0.3) is 0 Å². The summed E-state index contributed by atoms with van der Waals surface area (Å²) in [6.07, 6.45) is 0.590. The normalized spacial score (nSPS) is 14.0. The number of allylic oxidation sites excluding steroid dienone is 1. The number of methoxy groups -OCH3 is 1. The van der Waals surface area contributed by atoms with Gasteiger partial charge in [-0.3, -0.25) is 0 Å². The zero-order valence-electron chi connectivity index (χ0n) is 11.3. The molecule has 2 N–H and O–H groups in total. The van der Waals surface area contributed by atoms with Crippen molar-refractivity contribution >= 4 is 0 Å². The van der Waals surface area contributed by atoms with Crippen molar-refractivity contribution < 1.29 is 8.85 Å². The second-order valence-corrected chi connectivity index (χ2v) is 2.81. The number of benzene rings is 1. The van der Waals surface area contributed by atoms with Crippen LogP contribution in [0.4, 0.5) is 0 Å². The van der Waals surface area contributed by atoms with Gasteiger partial charge in [-0.15, -0.1) is 6.58 Å². The van der Waals surface area contributed by atoms with Gasteiger partial charge in [-0.05, 0) is 36.5 Å². The van der Waals surface area contributed by atoms with Crippen molar-refractivity contribution in [2.24, 2.45) is 5.73 Å². The smallest absolute Gasteiger partial charge is 0.122 e. The third-order valence-electron chi connectivity index (χ3n) is 1.87. The fraction of sp³-hybridized carbons (Fsp3) is 0.333. The zero-order chi connectivity index (χ0) is 13.1. The van der Waals surface area contributed by atoms with E-state index in [1.165, 1.54) is 7.11 Å². The summed E-state index contributed by atoms with van der Waals surface area (Å²) < 4.78 is 28.5. The van der Waals surface area contributed by atoms with Crippen LogP contribution in [0.25, 0.3) is 0 Å². The Morgan fingerprint density at radius 1 is 1.79 bits per heavy atom. The van der Waals surface area contributed by atoms with Gasteiger partial charge >= 0.3 is 0 Å². The molecule has 1 rings (SSSR count). The maximum Gasteiger partial charge on any atom is 0.122 e. The maximum absolute atomic E-state index is 7.84. The van der Waals surface area contributed by atoms with Gasteiger partial charge in [0.05, 0.1) is 8.48 Å². The molecule has 0 aliphatic heterocycles. The fourth-order valence-electron chi connectivity index (χ4n) is 1.22. The Bertz CT molecular complexity index is 418. The van der Waals surface area contributed by atoms with E-state index in [0.29, 0.717) is 12.2 Å². The van der Waals surface area contributed by atoms with Gasteiger partial charge in [-0.2, -0.15) is 0 Å². The molecule has 1 aromatic rings. The molecule has 0 radical (unpaired) electrons.